The van der Waals surface area contributed by atoms with Crippen molar-refractivity contribution in [3.63, 3.8) is 0 Å². The van der Waals surface area contributed by atoms with Crippen LogP contribution in [0.25, 0.3) is 0 Å². The van der Waals surface area contributed by atoms with Crippen molar-refractivity contribution in [3.8, 4) is 0 Å². The number of aliphatic hydroxyl groups is 1. The topological polar surface area (TPSA) is 237 Å². The van der Waals surface area contributed by atoms with Crippen molar-refractivity contribution in [1.29, 1.82) is 0 Å². The molecule has 0 aromatic heterocycles. The minimum atomic E-state index is -4.95. The molecule has 0 aliphatic heterocycles. The summed E-state index contributed by atoms with van der Waals surface area (Å²) in [6, 6.07) is 0. The van der Waals surface area contributed by atoms with Crippen LogP contribution in [-0.4, -0.2) is 96.7 Å². The lowest BCUT2D eigenvalue weighted by Crippen LogP contribution is -2.30. The van der Waals surface area contributed by atoms with Crippen LogP contribution in [0.4, 0.5) is 0 Å². The maximum Gasteiger partial charge on any atom is 0.472 e. The Bertz CT molecular complexity index is 1750. The van der Waals surface area contributed by atoms with Gasteiger partial charge in [-0.2, -0.15) is 0 Å². The predicted octanol–water partition coefficient (Wildman–Crippen LogP) is 20.4. The molecule has 0 radical (unpaired) electrons. The number of carbonyl (C=O) groups is 4. The highest BCUT2D eigenvalue weighted by atomic mass is 31.2. The zero-order valence-corrected chi connectivity index (χ0v) is 60.2. The molecule has 0 amide bonds. The van der Waals surface area contributed by atoms with E-state index in [9.17, 15) is 43.2 Å². The van der Waals surface area contributed by atoms with E-state index < -0.39 is 97.5 Å². The first-order valence-electron chi connectivity index (χ1n) is 37.0. The van der Waals surface area contributed by atoms with Gasteiger partial charge in [0.1, 0.15) is 19.3 Å². The van der Waals surface area contributed by atoms with Crippen LogP contribution in [0.2, 0.25) is 0 Å². The van der Waals surface area contributed by atoms with E-state index in [0.717, 1.165) is 109 Å². The minimum absolute atomic E-state index is 0.103. The quantitative estimate of drug-likeness (QED) is 0.0222. The summed E-state index contributed by atoms with van der Waals surface area (Å²) in [5.41, 5.74) is 0. The van der Waals surface area contributed by atoms with Crippen LogP contribution in [-0.2, 0) is 65.4 Å². The molecule has 0 aliphatic rings. The van der Waals surface area contributed by atoms with Gasteiger partial charge in [-0.25, -0.2) is 9.13 Å². The molecule has 19 heteroatoms. The number of phosphoric ester groups is 2. The summed E-state index contributed by atoms with van der Waals surface area (Å²) in [6.45, 7) is 9.42. The fourth-order valence-electron chi connectivity index (χ4n) is 10.8. The standard InChI is InChI=1S/C71H138O17P2/c1-7-9-11-13-15-16-17-18-19-20-21-22-23-24-25-26-27-30-37-43-49-55-70(75)87-67(60-82-69(74)54-48-42-36-31-28-29-34-39-45-51-63(3)4)62-86-90(79,80)84-58-65(72)57-83-89(77,78)85-61-66(59-81-68(73)53-47-41-33-14-12-10-8-2)88-71(76)56-50-44-38-32-35-40-46-52-64(5)6/h63-67,72H,7-62H2,1-6H3,(H,77,78)(H,79,80)/t65-,66+,67+/m0/s1. The molecule has 17 nitrogen and oxygen atoms in total. The number of carbonyl (C=O) groups excluding carboxylic acids is 4. The Labute approximate surface area is 549 Å². The maximum atomic E-state index is 13.0. The summed E-state index contributed by atoms with van der Waals surface area (Å²) in [5, 5.41) is 10.6. The molecular formula is C71H138O17P2. The lowest BCUT2D eigenvalue weighted by molar-refractivity contribution is -0.161. The Hall–Kier alpha value is -1.94. The minimum Gasteiger partial charge on any atom is -0.462 e. The Kier molecular flexibility index (Phi) is 61.8. The smallest absolute Gasteiger partial charge is 0.462 e. The first kappa shape index (κ1) is 88.1. The molecule has 0 aromatic rings. The van der Waals surface area contributed by atoms with Crippen molar-refractivity contribution in [2.45, 2.75) is 381 Å². The zero-order valence-electron chi connectivity index (χ0n) is 58.4. The Morgan fingerprint density at radius 1 is 0.300 bits per heavy atom. The van der Waals surface area contributed by atoms with Gasteiger partial charge in [-0.15, -0.1) is 0 Å². The van der Waals surface area contributed by atoms with Crippen molar-refractivity contribution in [1.82, 2.24) is 0 Å². The SMILES string of the molecule is CCCCCCCCCCCCCCCCCCCCCCCC(=O)O[C@H](COC(=O)CCCCCCCCCCCC(C)C)COP(=O)(O)OC[C@@H](O)COP(=O)(O)OC[C@@H](COC(=O)CCCCCCCCC)OC(=O)CCCCCCCCCC(C)C. The van der Waals surface area contributed by atoms with E-state index in [0.29, 0.717) is 31.6 Å². The van der Waals surface area contributed by atoms with Crippen LogP contribution in [0.1, 0.15) is 363 Å². The predicted molar refractivity (Wildman–Crippen MR) is 363 cm³/mol. The van der Waals surface area contributed by atoms with Crippen LogP contribution in [0.15, 0.2) is 0 Å². The van der Waals surface area contributed by atoms with E-state index >= 15 is 0 Å². The molecule has 0 aliphatic carbocycles. The van der Waals surface area contributed by atoms with Gasteiger partial charge in [-0.1, -0.05) is 311 Å². The first-order chi connectivity index (χ1) is 43.4. The molecule has 0 aromatic carbocycles. The fourth-order valence-corrected chi connectivity index (χ4v) is 12.3. The molecule has 2 unspecified atom stereocenters. The molecule has 0 bridgehead atoms. The number of phosphoric acid groups is 2. The van der Waals surface area contributed by atoms with Crippen molar-refractivity contribution in [2.75, 3.05) is 39.6 Å². The van der Waals surface area contributed by atoms with Gasteiger partial charge in [0.05, 0.1) is 26.4 Å². The summed E-state index contributed by atoms with van der Waals surface area (Å²) >= 11 is 0. The average molecular weight is 1330 g/mol. The number of ether oxygens (including phenoxy) is 4. The van der Waals surface area contributed by atoms with Gasteiger partial charge in [0.25, 0.3) is 0 Å². The molecule has 0 spiro atoms. The Balaban J connectivity index is 5.14. The van der Waals surface area contributed by atoms with Crippen LogP contribution in [0.3, 0.4) is 0 Å². The van der Waals surface area contributed by atoms with E-state index in [4.69, 9.17) is 37.0 Å². The van der Waals surface area contributed by atoms with E-state index in [1.807, 2.05) is 0 Å². The molecule has 534 valence electrons. The van der Waals surface area contributed by atoms with Crippen molar-refractivity contribution in [2.24, 2.45) is 11.8 Å². The van der Waals surface area contributed by atoms with Gasteiger partial charge >= 0.3 is 39.5 Å². The molecule has 0 heterocycles. The third kappa shape index (κ3) is 64.8. The molecular weight excluding hydrogens is 1190 g/mol. The monoisotopic (exact) mass is 1320 g/mol. The van der Waals surface area contributed by atoms with Gasteiger partial charge < -0.3 is 33.8 Å². The van der Waals surface area contributed by atoms with Gasteiger partial charge in [0.2, 0.25) is 0 Å². The summed E-state index contributed by atoms with van der Waals surface area (Å²) < 4.78 is 68.1. The van der Waals surface area contributed by atoms with Crippen LogP contribution < -0.4 is 0 Å². The molecule has 0 saturated heterocycles. The van der Waals surface area contributed by atoms with Gasteiger partial charge in [-0.3, -0.25) is 37.3 Å². The number of hydrogen-bond acceptors (Lipinski definition) is 15. The molecule has 0 fully saturated rings. The zero-order chi connectivity index (χ0) is 66.5. The van der Waals surface area contributed by atoms with E-state index in [2.05, 4.69) is 41.5 Å². The number of aliphatic hydroxyl groups excluding tert-OH is 1. The number of rotatable bonds is 70. The van der Waals surface area contributed by atoms with E-state index in [1.54, 1.807) is 0 Å². The third-order valence-electron chi connectivity index (χ3n) is 16.5. The first-order valence-corrected chi connectivity index (χ1v) is 40.0. The highest BCUT2D eigenvalue weighted by Crippen LogP contribution is 2.45. The van der Waals surface area contributed by atoms with Crippen LogP contribution in [0.5, 0.6) is 0 Å². The van der Waals surface area contributed by atoms with Crippen LogP contribution in [0, 0.1) is 11.8 Å². The molecule has 90 heavy (non-hydrogen) atoms. The van der Waals surface area contributed by atoms with Crippen molar-refractivity contribution < 1.29 is 80.2 Å². The summed E-state index contributed by atoms with van der Waals surface area (Å²) in [5.74, 6) is -0.692. The second-order valence-electron chi connectivity index (χ2n) is 26.6. The normalized spacial score (nSPS) is 14.1. The lowest BCUT2D eigenvalue weighted by atomic mass is 10.0. The molecule has 3 N–H and O–H groups in total. The highest BCUT2D eigenvalue weighted by molar-refractivity contribution is 7.47. The highest BCUT2D eigenvalue weighted by Gasteiger charge is 2.30. The van der Waals surface area contributed by atoms with Gasteiger partial charge in [0.15, 0.2) is 12.2 Å². The second kappa shape index (κ2) is 63.1. The molecule has 0 saturated carbocycles. The van der Waals surface area contributed by atoms with Gasteiger partial charge in [-0.05, 0) is 37.5 Å². The van der Waals surface area contributed by atoms with E-state index in [1.165, 1.54) is 167 Å². The number of esters is 4. The Morgan fingerprint density at radius 2 is 0.511 bits per heavy atom. The number of unbranched alkanes of at least 4 members (excludes halogenated alkanes) is 40. The van der Waals surface area contributed by atoms with Crippen molar-refractivity contribution >= 4 is 39.5 Å². The lowest BCUT2D eigenvalue weighted by Gasteiger charge is -2.21. The maximum absolute atomic E-state index is 13.0. The third-order valence-corrected chi connectivity index (χ3v) is 18.4. The summed E-state index contributed by atoms with van der Waals surface area (Å²) in [7, 11) is -9.89. The fraction of sp³-hybridized carbons (Fsp3) is 0.944. The number of hydrogen-bond donors (Lipinski definition) is 3. The average Bonchev–Trinajstić information content (AvgIpc) is 3.68. The molecule has 5 atom stereocenters. The van der Waals surface area contributed by atoms with E-state index in [-0.39, 0.29) is 25.7 Å². The summed E-state index contributed by atoms with van der Waals surface area (Å²) in [4.78, 5) is 72.4. The Morgan fingerprint density at radius 3 is 0.756 bits per heavy atom. The van der Waals surface area contributed by atoms with Crippen LogP contribution >= 0.6 is 15.6 Å². The second-order valence-corrected chi connectivity index (χ2v) is 29.5. The van der Waals surface area contributed by atoms with Crippen molar-refractivity contribution in [3.05, 3.63) is 0 Å². The largest absolute Gasteiger partial charge is 0.472 e. The molecule has 0 rings (SSSR count). The summed E-state index contributed by atoms with van der Waals surface area (Å²) in [6.07, 6.45) is 49.0. The van der Waals surface area contributed by atoms with Gasteiger partial charge in [0, 0.05) is 25.7 Å².